The minimum Gasteiger partial charge on any atom is -0.475 e. The normalized spacial score (nSPS) is 10.7. The fourth-order valence-corrected chi connectivity index (χ4v) is 1.44. The molecule has 0 aliphatic heterocycles. The summed E-state index contributed by atoms with van der Waals surface area (Å²) in [6, 6.07) is 2.01. The maximum Gasteiger partial charge on any atom is 0.490 e. The Morgan fingerprint density at radius 2 is 1.95 bits per heavy atom. The van der Waals surface area contributed by atoms with Gasteiger partial charge in [-0.15, -0.1) is 0 Å². The van der Waals surface area contributed by atoms with E-state index in [9.17, 15) is 18.0 Å². The van der Waals surface area contributed by atoms with Gasteiger partial charge < -0.3 is 15.8 Å². The minimum absolute atomic E-state index is 0.0362. The maximum atomic E-state index is 11.4. The molecule has 20 heavy (non-hydrogen) atoms. The van der Waals surface area contributed by atoms with Crippen molar-refractivity contribution in [1.82, 2.24) is 4.98 Å². The van der Waals surface area contributed by atoms with E-state index in [1.807, 2.05) is 13.0 Å². The highest BCUT2D eigenvalue weighted by atomic mass is 19.4. The Labute approximate surface area is 113 Å². The van der Waals surface area contributed by atoms with E-state index in [1.54, 1.807) is 0 Å². The van der Waals surface area contributed by atoms with Crippen LogP contribution < -0.4 is 11.3 Å². The number of halogens is 3. The lowest BCUT2D eigenvalue weighted by Gasteiger charge is -2.04. The van der Waals surface area contributed by atoms with Crippen LogP contribution in [0.15, 0.2) is 10.9 Å². The van der Waals surface area contributed by atoms with Crippen LogP contribution in [0.1, 0.15) is 30.2 Å². The topological polar surface area (TPSA) is 96.2 Å². The summed E-state index contributed by atoms with van der Waals surface area (Å²) in [6.07, 6.45) is -3.13. The van der Waals surface area contributed by atoms with Crippen molar-refractivity contribution in [3.8, 4) is 0 Å². The largest absolute Gasteiger partial charge is 0.490 e. The quantitative estimate of drug-likeness (QED) is 0.791. The number of carboxylic acid groups (broad SMARTS) is 1. The van der Waals surface area contributed by atoms with Gasteiger partial charge in [0.15, 0.2) is 0 Å². The van der Waals surface area contributed by atoms with E-state index in [-0.39, 0.29) is 5.56 Å². The van der Waals surface area contributed by atoms with E-state index < -0.39 is 12.1 Å². The second-order valence-corrected chi connectivity index (χ2v) is 4.04. The number of carboxylic acids is 1. The number of aromatic nitrogens is 1. The molecule has 0 aromatic carbocycles. The minimum atomic E-state index is -5.08. The number of H-pyrrole nitrogens is 1. The predicted molar refractivity (Wildman–Crippen MR) is 67.4 cm³/mol. The summed E-state index contributed by atoms with van der Waals surface area (Å²) in [7, 11) is 0. The second kappa shape index (κ2) is 7.68. The lowest BCUT2D eigenvalue weighted by molar-refractivity contribution is -0.192. The SMILES string of the molecule is CCCc1cc(C)c(CN)c(=O)[nH]1.O=C(O)C(F)(F)F. The lowest BCUT2D eigenvalue weighted by Crippen LogP contribution is -2.21. The van der Waals surface area contributed by atoms with Crippen molar-refractivity contribution in [2.45, 2.75) is 39.4 Å². The third-order valence-electron chi connectivity index (χ3n) is 2.38. The lowest BCUT2D eigenvalue weighted by atomic mass is 10.1. The van der Waals surface area contributed by atoms with Crippen LogP contribution in [0.25, 0.3) is 0 Å². The first kappa shape index (κ1) is 18.2. The van der Waals surface area contributed by atoms with Crippen LogP contribution in [0, 0.1) is 6.92 Å². The molecule has 1 aromatic rings. The summed E-state index contributed by atoms with van der Waals surface area (Å²) >= 11 is 0. The molecule has 0 saturated heterocycles. The van der Waals surface area contributed by atoms with Crippen molar-refractivity contribution >= 4 is 5.97 Å². The van der Waals surface area contributed by atoms with E-state index in [0.29, 0.717) is 12.1 Å². The fourth-order valence-electron chi connectivity index (χ4n) is 1.44. The van der Waals surface area contributed by atoms with E-state index >= 15 is 0 Å². The Morgan fingerprint density at radius 3 is 2.25 bits per heavy atom. The second-order valence-electron chi connectivity index (χ2n) is 4.04. The Balaban J connectivity index is 0.000000441. The first-order valence-corrected chi connectivity index (χ1v) is 5.85. The standard InChI is InChI=1S/C10H16N2O.C2HF3O2/c1-3-4-8-5-7(2)9(6-11)10(13)12-8;3-2(4,5)1(6)7/h5H,3-4,6,11H2,1-2H3,(H,12,13);(H,6,7). The molecule has 1 rings (SSSR count). The van der Waals surface area contributed by atoms with Crippen LogP contribution in [-0.4, -0.2) is 22.2 Å². The number of nitrogens with one attached hydrogen (secondary N) is 1. The number of rotatable bonds is 3. The molecule has 0 fully saturated rings. The van der Waals surface area contributed by atoms with Gasteiger partial charge in [0.25, 0.3) is 5.56 Å². The summed E-state index contributed by atoms with van der Waals surface area (Å²) < 4.78 is 31.7. The van der Waals surface area contributed by atoms with Crippen LogP contribution in [0.4, 0.5) is 13.2 Å². The molecule has 1 aromatic heterocycles. The number of hydrogen-bond acceptors (Lipinski definition) is 3. The molecule has 0 unspecified atom stereocenters. The van der Waals surface area contributed by atoms with E-state index in [1.165, 1.54) is 0 Å². The van der Waals surface area contributed by atoms with Gasteiger partial charge in [0.05, 0.1) is 0 Å². The molecule has 0 atom stereocenters. The van der Waals surface area contributed by atoms with Crippen LogP contribution in [0.5, 0.6) is 0 Å². The first-order valence-electron chi connectivity index (χ1n) is 5.85. The number of aliphatic carboxylic acids is 1. The summed E-state index contributed by atoms with van der Waals surface area (Å²) in [5.74, 6) is -2.76. The monoisotopic (exact) mass is 294 g/mol. The van der Waals surface area contributed by atoms with Gasteiger partial charge in [-0.05, 0) is 25.0 Å². The molecule has 8 heteroatoms. The molecule has 0 aliphatic carbocycles. The molecule has 0 amide bonds. The fraction of sp³-hybridized carbons (Fsp3) is 0.500. The molecule has 0 saturated carbocycles. The van der Waals surface area contributed by atoms with Crippen molar-refractivity contribution in [2.24, 2.45) is 5.73 Å². The van der Waals surface area contributed by atoms with E-state index in [0.717, 1.165) is 24.1 Å². The maximum absolute atomic E-state index is 11.4. The molecule has 5 nitrogen and oxygen atoms in total. The van der Waals surface area contributed by atoms with Crippen molar-refractivity contribution in [2.75, 3.05) is 0 Å². The Bertz CT molecular complexity index is 510. The highest BCUT2D eigenvalue weighted by Gasteiger charge is 2.38. The summed E-state index contributed by atoms with van der Waals surface area (Å²) in [4.78, 5) is 23.2. The summed E-state index contributed by atoms with van der Waals surface area (Å²) in [5.41, 5.74) is 8.11. The zero-order valence-corrected chi connectivity index (χ0v) is 11.2. The van der Waals surface area contributed by atoms with Gasteiger partial charge >= 0.3 is 12.1 Å². The molecule has 0 aliphatic rings. The predicted octanol–water partition coefficient (Wildman–Crippen LogP) is 1.73. The average Bonchev–Trinajstić information content (AvgIpc) is 2.28. The number of hydrogen-bond donors (Lipinski definition) is 3. The van der Waals surface area contributed by atoms with Crippen molar-refractivity contribution in [3.63, 3.8) is 0 Å². The third-order valence-corrected chi connectivity index (χ3v) is 2.38. The Morgan fingerprint density at radius 1 is 1.45 bits per heavy atom. The number of nitrogens with two attached hydrogens (primary N) is 1. The van der Waals surface area contributed by atoms with Crippen LogP contribution in [-0.2, 0) is 17.8 Å². The zero-order chi connectivity index (χ0) is 15.9. The van der Waals surface area contributed by atoms with E-state index in [2.05, 4.69) is 11.9 Å². The molecule has 4 N–H and O–H groups in total. The van der Waals surface area contributed by atoms with Crippen LogP contribution >= 0.6 is 0 Å². The molecule has 114 valence electrons. The summed E-state index contributed by atoms with van der Waals surface area (Å²) in [5, 5.41) is 7.12. The Hall–Kier alpha value is -1.83. The van der Waals surface area contributed by atoms with Gasteiger partial charge in [-0.3, -0.25) is 4.79 Å². The highest BCUT2D eigenvalue weighted by molar-refractivity contribution is 5.73. The average molecular weight is 294 g/mol. The van der Waals surface area contributed by atoms with Gasteiger partial charge in [-0.1, -0.05) is 13.3 Å². The van der Waals surface area contributed by atoms with Crippen molar-refractivity contribution < 1.29 is 23.1 Å². The first-order chi connectivity index (χ1) is 9.13. The molecule has 0 radical (unpaired) electrons. The molecular formula is C12H17F3N2O3. The number of carbonyl (C=O) groups is 1. The summed E-state index contributed by atoms with van der Waals surface area (Å²) in [6.45, 7) is 4.33. The number of aryl methyl sites for hydroxylation is 2. The van der Waals surface area contributed by atoms with E-state index in [4.69, 9.17) is 15.6 Å². The Kier molecular flexibility index (Phi) is 6.98. The van der Waals surface area contributed by atoms with Crippen LogP contribution in [0.3, 0.4) is 0 Å². The van der Waals surface area contributed by atoms with Gasteiger partial charge in [-0.25, -0.2) is 4.79 Å². The van der Waals surface area contributed by atoms with Crippen molar-refractivity contribution in [1.29, 1.82) is 0 Å². The number of pyridine rings is 1. The van der Waals surface area contributed by atoms with Gasteiger partial charge in [-0.2, -0.15) is 13.2 Å². The van der Waals surface area contributed by atoms with Crippen LogP contribution in [0.2, 0.25) is 0 Å². The third kappa shape index (κ3) is 5.87. The van der Waals surface area contributed by atoms with Gasteiger partial charge in [0, 0.05) is 17.8 Å². The molecule has 1 heterocycles. The van der Waals surface area contributed by atoms with Gasteiger partial charge in [0.2, 0.25) is 0 Å². The van der Waals surface area contributed by atoms with Gasteiger partial charge in [0.1, 0.15) is 0 Å². The number of alkyl halides is 3. The zero-order valence-electron chi connectivity index (χ0n) is 11.2. The molecule has 0 bridgehead atoms. The highest BCUT2D eigenvalue weighted by Crippen LogP contribution is 2.13. The molecule has 0 spiro atoms. The smallest absolute Gasteiger partial charge is 0.475 e. The number of aromatic amines is 1. The van der Waals surface area contributed by atoms with Crippen molar-refractivity contribution in [3.05, 3.63) is 33.2 Å². The molecular weight excluding hydrogens is 277 g/mol.